The number of rotatable bonds is 20. The average Bonchev–Trinajstić information content (AvgIpc) is 2.65. The van der Waals surface area contributed by atoms with Crippen LogP contribution in [-0.2, 0) is 4.79 Å². The van der Waals surface area contributed by atoms with Crippen molar-refractivity contribution in [2.45, 2.75) is 116 Å². The van der Waals surface area contributed by atoms with Crippen molar-refractivity contribution in [3.8, 4) is 0 Å². The zero-order valence-electron chi connectivity index (χ0n) is 17.6. The van der Waals surface area contributed by atoms with E-state index < -0.39 is 0 Å². The molecule has 0 spiro atoms. The maximum atomic E-state index is 11.6. The van der Waals surface area contributed by atoms with Crippen LogP contribution in [0.1, 0.15) is 116 Å². The molecular formula is C23H46N2O. The van der Waals surface area contributed by atoms with Crippen molar-refractivity contribution in [2.24, 2.45) is 5.73 Å². The summed E-state index contributed by atoms with van der Waals surface area (Å²) >= 11 is 0. The maximum Gasteiger partial charge on any atom is 0.219 e. The summed E-state index contributed by atoms with van der Waals surface area (Å²) in [7, 11) is 0. The van der Waals surface area contributed by atoms with Gasteiger partial charge in [-0.1, -0.05) is 76.9 Å². The molecule has 0 radical (unpaired) electrons. The van der Waals surface area contributed by atoms with Gasteiger partial charge >= 0.3 is 0 Å². The fraction of sp³-hybridized carbons (Fsp3) is 0.870. The number of nitrogens with two attached hydrogens (primary N) is 1. The number of amides is 1. The molecule has 3 heteroatoms. The van der Waals surface area contributed by atoms with Crippen LogP contribution in [0.25, 0.3) is 0 Å². The second-order valence-corrected chi connectivity index (χ2v) is 7.53. The van der Waals surface area contributed by atoms with Gasteiger partial charge in [0.25, 0.3) is 0 Å². The smallest absolute Gasteiger partial charge is 0.219 e. The molecule has 0 aliphatic rings. The van der Waals surface area contributed by atoms with Gasteiger partial charge in [0.15, 0.2) is 0 Å². The first-order valence-electron chi connectivity index (χ1n) is 11.4. The number of hydrogen-bond acceptors (Lipinski definition) is 2. The summed E-state index contributed by atoms with van der Waals surface area (Å²) in [6, 6.07) is 0. The van der Waals surface area contributed by atoms with Gasteiger partial charge in [0, 0.05) is 13.0 Å². The first kappa shape index (κ1) is 25.2. The number of carbonyl (C=O) groups excluding carboxylic acids is 1. The number of carbonyl (C=O) groups is 1. The second-order valence-electron chi connectivity index (χ2n) is 7.53. The molecule has 0 atom stereocenters. The molecule has 0 saturated carbocycles. The molecule has 0 heterocycles. The van der Waals surface area contributed by atoms with Gasteiger partial charge in [0.2, 0.25) is 5.91 Å². The Bertz CT molecular complexity index is 315. The molecule has 0 aromatic carbocycles. The number of unbranched alkanes of at least 4 members (excludes halogenated alkanes) is 13. The van der Waals surface area contributed by atoms with E-state index in [2.05, 4.69) is 24.4 Å². The lowest BCUT2D eigenvalue weighted by molar-refractivity contribution is -0.121. The summed E-state index contributed by atoms with van der Waals surface area (Å²) in [5.74, 6) is 0.204. The van der Waals surface area contributed by atoms with Gasteiger partial charge in [0.05, 0.1) is 0 Å². The Morgan fingerprint density at radius 2 is 1.27 bits per heavy atom. The zero-order valence-corrected chi connectivity index (χ0v) is 17.6. The van der Waals surface area contributed by atoms with E-state index in [-0.39, 0.29) is 5.91 Å². The molecule has 0 aliphatic carbocycles. The van der Waals surface area contributed by atoms with E-state index in [0.29, 0.717) is 13.0 Å². The summed E-state index contributed by atoms with van der Waals surface area (Å²) < 4.78 is 0. The summed E-state index contributed by atoms with van der Waals surface area (Å²) in [6.45, 7) is 3.77. The van der Waals surface area contributed by atoms with Crippen molar-refractivity contribution in [3.05, 3.63) is 12.2 Å². The van der Waals surface area contributed by atoms with E-state index in [0.717, 1.165) is 25.8 Å². The van der Waals surface area contributed by atoms with Crippen molar-refractivity contribution in [1.29, 1.82) is 0 Å². The van der Waals surface area contributed by atoms with Crippen LogP contribution in [0.3, 0.4) is 0 Å². The lowest BCUT2D eigenvalue weighted by Gasteiger charge is -2.04. The molecule has 0 saturated heterocycles. The number of allylic oxidation sites excluding steroid dienone is 2. The highest BCUT2D eigenvalue weighted by Gasteiger charge is 1.99. The molecule has 0 unspecified atom stereocenters. The van der Waals surface area contributed by atoms with Gasteiger partial charge in [-0.3, -0.25) is 4.79 Å². The topological polar surface area (TPSA) is 55.1 Å². The standard InChI is InChI=1S/C23H46N2O/c1-2-3-4-5-6-7-8-9-10-11-12-13-14-15-16-17-20-23(26)25-22-19-18-21-24/h10-11H,2-9,12-22,24H2,1H3,(H,25,26)/b11-10-. The van der Waals surface area contributed by atoms with Crippen molar-refractivity contribution in [2.75, 3.05) is 13.1 Å². The monoisotopic (exact) mass is 366 g/mol. The Morgan fingerprint density at radius 1 is 0.731 bits per heavy atom. The van der Waals surface area contributed by atoms with Gasteiger partial charge in [0.1, 0.15) is 0 Å². The summed E-state index contributed by atoms with van der Waals surface area (Å²) in [5.41, 5.74) is 5.43. The first-order chi connectivity index (χ1) is 12.8. The molecule has 0 rings (SSSR count). The lowest BCUT2D eigenvalue weighted by Crippen LogP contribution is -2.24. The molecule has 0 aliphatic heterocycles. The SMILES string of the molecule is CCCCCCCCC/C=C\CCCCCCCC(=O)NCCCCN. The van der Waals surface area contributed by atoms with E-state index in [9.17, 15) is 4.79 Å². The van der Waals surface area contributed by atoms with Crippen molar-refractivity contribution in [3.63, 3.8) is 0 Å². The van der Waals surface area contributed by atoms with Crippen LogP contribution in [0, 0.1) is 0 Å². The van der Waals surface area contributed by atoms with E-state index in [1.54, 1.807) is 0 Å². The summed E-state index contributed by atoms with van der Waals surface area (Å²) in [5, 5.41) is 2.97. The minimum absolute atomic E-state index is 0.204. The third-order valence-corrected chi connectivity index (χ3v) is 4.87. The van der Waals surface area contributed by atoms with Gasteiger partial charge in [-0.2, -0.15) is 0 Å². The van der Waals surface area contributed by atoms with Crippen LogP contribution >= 0.6 is 0 Å². The summed E-state index contributed by atoms with van der Waals surface area (Å²) in [6.07, 6.45) is 25.7. The number of nitrogens with one attached hydrogen (secondary N) is 1. The highest BCUT2D eigenvalue weighted by molar-refractivity contribution is 5.75. The predicted molar refractivity (Wildman–Crippen MR) is 115 cm³/mol. The minimum atomic E-state index is 0.204. The molecule has 0 bridgehead atoms. The quantitative estimate of drug-likeness (QED) is 0.197. The van der Waals surface area contributed by atoms with Crippen LogP contribution in [0.2, 0.25) is 0 Å². The molecule has 154 valence electrons. The highest BCUT2D eigenvalue weighted by Crippen LogP contribution is 2.10. The average molecular weight is 367 g/mol. The predicted octanol–water partition coefficient (Wildman–Crippen LogP) is 6.27. The normalized spacial score (nSPS) is 11.3. The van der Waals surface area contributed by atoms with Gasteiger partial charge in [-0.05, 0) is 51.5 Å². The molecular weight excluding hydrogens is 320 g/mol. The van der Waals surface area contributed by atoms with Crippen LogP contribution in [0.4, 0.5) is 0 Å². The van der Waals surface area contributed by atoms with E-state index in [1.807, 2.05) is 0 Å². The molecule has 3 N–H and O–H groups in total. The Kier molecular flexibility index (Phi) is 21.5. The zero-order chi connectivity index (χ0) is 19.1. The highest BCUT2D eigenvalue weighted by atomic mass is 16.1. The third-order valence-electron chi connectivity index (χ3n) is 4.87. The van der Waals surface area contributed by atoms with Crippen LogP contribution < -0.4 is 11.1 Å². The number of hydrogen-bond donors (Lipinski definition) is 2. The Labute approximate surface area is 163 Å². The molecule has 1 amide bonds. The first-order valence-corrected chi connectivity index (χ1v) is 11.4. The maximum absolute atomic E-state index is 11.6. The minimum Gasteiger partial charge on any atom is -0.356 e. The fourth-order valence-corrected chi connectivity index (χ4v) is 3.12. The van der Waals surface area contributed by atoms with E-state index >= 15 is 0 Å². The van der Waals surface area contributed by atoms with Gasteiger partial charge in [-0.15, -0.1) is 0 Å². The fourth-order valence-electron chi connectivity index (χ4n) is 3.12. The second kappa shape index (κ2) is 22.2. The molecule has 0 fully saturated rings. The summed E-state index contributed by atoms with van der Waals surface area (Å²) in [4.78, 5) is 11.6. The molecule has 26 heavy (non-hydrogen) atoms. The Hall–Kier alpha value is -0.830. The van der Waals surface area contributed by atoms with Crippen molar-refractivity contribution in [1.82, 2.24) is 5.32 Å². The Balaban J connectivity index is 3.17. The Morgan fingerprint density at radius 3 is 1.85 bits per heavy atom. The van der Waals surface area contributed by atoms with E-state index in [1.165, 1.54) is 83.5 Å². The van der Waals surface area contributed by atoms with Crippen molar-refractivity contribution < 1.29 is 4.79 Å². The van der Waals surface area contributed by atoms with Crippen LogP contribution in [0.5, 0.6) is 0 Å². The van der Waals surface area contributed by atoms with Gasteiger partial charge in [-0.25, -0.2) is 0 Å². The largest absolute Gasteiger partial charge is 0.356 e. The van der Waals surface area contributed by atoms with Gasteiger partial charge < -0.3 is 11.1 Å². The molecule has 0 aromatic heterocycles. The lowest BCUT2D eigenvalue weighted by atomic mass is 10.1. The van der Waals surface area contributed by atoms with Crippen LogP contribution in [0.15, 0.2) is 12.2 Å². The molecule has 3 nitrogen and oxygen atoms in total. The van der Waals surface area contributed by atoms with Crippen molar-refractivity contribution >= 4 is 5.91 Å². The van der Waals surface area contributed by atoms with E-state index in [4.69, 9.17) is 5.73 Å². The van der Waals surface area contributed by atoms with Crippen LogP contribution in [-0.4, -0.2) is 19.0 Å². The third kappa shape index (κ3) is 21.2. The molecule has 0 aromatic rings.